The van der Waals surface area contributed by atoms with E-state index in [1.807, 2.05) is 26.0 Å². The highest BCUT2D eigenvalue weighted by Gasteiger charge is 2.86. The highest BCUT2D eigenvalue weighted by molar-refractivity contribution is 5.83. The van der Waals surface area contributed by atoms with Gasteiger partial charge in [0.2, 0.25) is 0 Å². The summed E-state index contributed by atoms with van der Waals surface area (Å²) in [7, 11) is 0. The van der Waals surface area contributed by atoms with Crippen molar-refractivity contribution >= 4 is 17.9 Å². The molecule has 3 fully saturated rings. The SMILES string of the molecule is CC(=O)OC1CC2C(C/C=C\C(=O)OC2(C)C)C2=CCC3(C)C(c4ccoc4)OC(=O)C4OC43C21C. The molecule has 1 aromatic rings. The van der Waals surface area contributed by atoms with Gasteiger partial charge in [-0.05, 0) is 52.0 Å². The fraction of sp³-hybridized carbons (Fsp3) is 0.607. The van der Waals surface area contributed by atoms with Gasteiger partial charge in [-0.15, -0.1) is 0 Å². The summed E-state index contributed by atoms with van der Waals surface area (Å²) in [5.41, 5.74) is -1.22. The van der Waals surface area contributed by atoms with E-state index < -0.39 is 52.3 Å². The van der Waals surface area contributed by atoms with Crippen molar-refractivity contribution in [1.29, 1.82) is 0 Å². The normalized spacial score (nSPS) is 45.1. The number of cyclic esters (lactones) is 2. The van der Waals surface area contributed by atoms with Gasteiger partial charge in [0, 0.05) is 29.9 Å². The minimum absolute atomic E-state index is 0.0234. The van der Waals surface area contributed by atoms with Crippen LogP contribution in [0, 0.1) is 22.7 Å². The van der Waals surface area contributed by atoms with E-state index in [0.717, 1.165) is 11.1 Å². The quantitative estimate of drug-likeness (QED) is 0.260. The monoisotopic (exact) mass is 496 g/mol. The molecule has 8 atom stereocenters. The number of hydrogen-bond donors (Lipinski definition) is 0. The summed E-state index contributed by atoms with van der Waals surface area (Å²) in [6, 6.07) is 1.82. The molecule has 0 N–H and O–H groups in total. The molecule has 0 bridgehead atoms. The van der Waals surface area contributed by atoms with Gasteiger partial charge in [-0.3, -0.25) is 4.79 Å². The highest BCUT2D eigenvalue weighted by atomic mass is 16.7. The molecule has 192 valence electrons. The van der Waals surface area contributed by atoms with Crippen molar-refractivity contribution in [2.24, 2.45) is 22.7 Å². The molecule has 5 aliphatic rings. The van der Waals surface area contributed by atoms with Crippen molar-refractivity contribution in [2.75, 3.05) is 0 Å². The van der Waals surface area contributed by atoms with Crippen molar-refractivity contribution in [3.05, 3.63) is 48.0 Å². The summed E-state index contributed by atoms with van der Waals surface area (Å²) in [5.74, 6) is -1.24. The Labute approximate surface area is 210 Å². The van der Waals surface area contributed by atoms with Crippen LogP contribution in [0.3, 0.4) is 0 Å². The summed E-state index contributed by atoms with van der Waals surface area (Å²) in [6.45, 7) is 9.41. The van der Waals surface area contributed by atoms with E-state index in [2.05, 4.69) is 19.9 Å². The third-order valence-corrected chi connectivity index (χ3v) is 9.66. The Kier molecular flexibility index (Phi) is 4.80. The largest absolute Gasteiger partial charge is 0.472 e. The zero-order chi connectivity index (χ0) is 25.7. The second-order valence-electron chi connectivity index (χ2n) is 11.8. The molecule has 2 aliphatic carbocycles. The molecule has 0 radical (unpaired) electrons. The highest BCUT2D eigenvalue weighted by Crippen LogP contribution is 2.76. The number of furan rings is 1. The van der Waals surface area contributed by atoms with E-state index >= 15 is 0 Å². The maximum atomic E-state index is 13.2. The van der Waals surface area contributed by atoms with Crippen LogP contribution in [0.25, 0.3) is 0 Å². The van der Waals surface area contributed by atoms with Gasteiger partial charge in [-0.1, -0.05) is 24.6 Å². The minimum atomic E-state index is -0.917. The topological polar surface area (TPSA) is 105 Å². The average Bonchev–Trinajstić information content (AvgIpc) is 3.36. The summed E-state index contributed by atoms with van der Waals surface area (Å²) in [5, 5.41) is 0. The lowest BCUT2D eigenvalue weighted by Gasteiger charge is -2.61. The molecule has 1 aromatic heterocycles. The summed E-state index contributed by atoms with van der Waals surface area (Å²) in [6.07, 6.45) is 8.60. The van der Waals surface area contributed by atoms with Crippen molar-refractivity contribution < 1.29 is 37.7 Å². The lowest BCUT2D eigenvalue weighted by molar-refractivity contribution is -0.198. The van der Waals surface area contributed by atoms with Gasteiger partial charge in [0.25, 0.3) is 0 Å². The fourth-order valence-corrected chi connectivity index (χ4v) is 8.07. The zero-order valence-electron chi connectivity index (χ0n) is 21.2. The van der Waals surface area contributed by atoms with E-state index in [9.17, 15) is 14.4 Å². The van der Waals surface area contributed by atoms with E-state index in [1.54, 1.807) is 12.5 Å². The van der Waals surface area contributed by atoms with Crippen molar-refractivity contribution in [3.8, 4) is 0 Å². The maximum Gasteiger partial charge on any atom is 0.339 e. The standard InChI is InChI=1S/C28H32O8/c1-15(29)33-20-13-19-17(7-6-8-21(30)35-25(19,2)3)18-9-11-26(4)22(16-10-12-32-14-16)34-24(31)23-28(26,36-23)27(18,20)5/h6,8-10,12,14,17,19-20,22-23H,7,11,13H2,1-5H3/b8-6-. The predicted octanol–water partition coefficient (Wildman–Crippen LogP) is 4.21. The average molecular weight is 497 g/mol. The van der Waals surface area contributed by atoms with E-state index in [1.165, 1.54) is 13.0 Å². The van der Waals surface area contributed by atoms with Gasteiger partial charge in [0.15, 0.2) is 6.10 Å². The Morgan fingerprint density at radius 2 is 1.92 bits per heavy atom. The van der Waals surface area contributed by atoms with E-state index in [-0.39, 0.29) is 17.8 Å². The van der Waals surface area contributed by atoms with Crippen LogP contribution in [0.1, 0.15) is 65.5 Å². The van der Waals surface area contributed by atoms with Crippen LogP contribution < -0.4 is 0 Å². The van der Waals surface area contributed by atoms with Gasteiger partial charge < -0.3 is 23.4 Å². The molecule has 0 amide bonds. The molecule has 4 heterocycles. The van der Waals surface area contributed by atoms with Crippen LogP contribution >= 0.6 is 0 Å². The van der Waals surface area contributed by atoms with Crippen LogP contribution in [-0.4, -0.2) is 41.3 Å². The maximum absolute atomic E-state index is 13.2. The molecule has 0 aromatic carbocycles. The third-order valence-electron chi connectivity index (χ3n) is 9.66. The van der Waals surface area contributed by atoms with E-state index in [0.29, 0.717) is 19.3 Å². The number of fused-ring (bicyclic) bond motifs is 3. The lowest BCUT2D eigenvalue weighted by Crippen LogP contribution is -2.67. The molecule has 8 unspecified atom stereocenters. The fourth-order valence-electron chi connectivity index (χ4n) is 8.07. The molecule has 8 nitrogen and oxygen atoms in total. The van der Waals surface area contributed by atoms with Crippen LogP contribution in [0.4, 0.5) is 0 Å². The first-order valence-electron chi connectivity index (χ1n) is 12.6. The van der Waals surface area contributed by atoms with Gasteiger partial charge in [-0.25, -0.2) is 9.59 Å². The zero-order valence-corrected chi connectivity index (χ0v) is 21.2. The number of rotatable bonds is 2. The molecule has 6 rings (SSSR count). The summed E-state index contributed by atoms with van der Waals surface area (Å²) >= 11 is 0. The van der Waals surface area contributed by atoms with Crippen LogP contribution in [-0.2, 0) is 33.3 Å². The molecule has 3 aliphatic heterocycles. The van der Waals surface area contributed by atoms with Crippen molar-refractivity contribution in [2.45, 2.75) is 83.4 Å². The first-order valence-corrected chi connectivity index (χ1v) is 12.6. The number of carbonyl (C=O) groups excluding carboxylic acids is 3. The Morgan fingerprint density at radius 1 is 1.14 bits per heavy atom. The van der Waals surface area contributed by atoms with Gasteiger partial charge >= 0.3 is 17.9 Å². The molecular formula is C28H32O8. The van der Waals surface area contributed by atoms with E-state index in [4.69, 9.17) is 23.4 Å². The molecule has 1 spiro atoms. The molecular weight excluding hydrogens is 464 g/mol. The van der Waals surface area contributed by atoms with Gasteiger partial charge in [0.1, 0.15) is 23.4 Å². The first kappa shape index (κ1) is 23.5. The first-order chi connectivity index (χ1) is 17.0. The van der Waals surface area contributed by atoms with Crippen molar-refractivity contribution in [1.82, 2.24) is 0 Å². The van der Waals surface area contributed by atoms with Gasteiger partial charge in [0.05, 0.1) is 17.9 Å². The molecule has 1 saturated carbocycles. The Hall–Kier alpha value is -2.87. The lowest BCUT2D eigenvalue weighted by atomic mass is 9.43. The summed E-state index contributed by atoms with van der Waals surface area (Å²) < 4.78 is 29.7. The number of ether oxygens (including phenoxy) is 4. The third kappa shape index (κ3) is 2.82. The second-order valence-corrected chi connectivity index (χ2v) is 11.8. The van der Waals surface area contributed by atoms with Crippen LogP contribution in [0.15, 0.2) is 46.8 Å². The molecule has 2 saturated heterocycles. The number of allylic oxidation sites excluding steroid dienone is 2. The van der Waals surface area contributed by atoms with Gasteiger partial charge in [-0.2, -0.15) is 0 Å². The van der Waals surface area contributed by atoms with Crippen molar-refractivity contribution in [3.63, 3.8) is 0 Å². The number of esters is 3. The Morgan fingerprint density at radius 3 is 2.61 bits per heavy atom. The Balaban J connectivity index is 1.55. The van der Waals surface area contributed by atoms with Crippen LogP contribution in [0.5, 0.6) is 0 Å². The number of epoxide rings is 1. The predicted molar refractivity (Wildman–Crippen MR) is 125 cm³/mol. The Bertz CT molecular complexity index is 1190. The summed E-state index contributed by atoms with van der Waals surface area (Å²) in [4.78, 5) is 38.0. The molecule has 8 heteroatoms. The number of carbonyl (C=O) groups is 3. The number of hydrogen-bond acceptors (Lipinski definition) is 8. The molecule has 36 heavy (non-hydrogen) atoms. The van der Waals surface area contributed by atoms with Crippen LogP contribution in [0.2, 0.25) is 0 Å². The second kappa shape index (κ2) is 7.34. The minimum Gasteiger partial charge on any atom is -0.472 e. The smallest absolute Gasteiger partial charge is 0.339 e.